The molecule has 0 fully saturated rings. The topological polar surface area (TPSA) is 26.3 Å². The van der Waals surface area contributed by atoms with E-state index in [2.05, 4.69) is 50.7 Å². The summed E-state index contributed by atoms with van der Waals surface area (Å²) in [4.78, 5) is 11.2. The predicted molar refractivity (Wildman–Crippen MR) is 98.2 cm³/mol. The molecule has 0 heterocycles. The summed E-state index contributed by atoms with van der Waals surface area (Å²) >= 11 is 0. The summed E-state index contributed by atoms with van der Waals surface area (Å²) in [5.41, 5.74) is 5.65. The summed E-state index contributed by atoms with van der Waals surface area (Å²) < 4.78 is 4.64. The van der Waals surface area contributed by atoms with Gasteiger partial charge in [0.05, 0.1) is 7.11 Å². The molecular formula is C21H32O2. The van der Waals surface area contributed by atoms with Gasteiger partial charge in [0.15, 0.2) is 0 Å². The number of carbonyl (C=O) groups is 1. The molecule has 0 atom stereocenters. The second-order valence-electron chi connectivity index (χ2n) is 7.27. The number of allylic oxidation sites excluding steroid dienone is 7. The van der Waals surface area contributed by atoms with Crippen LogP contribution >= 0.6 is 0 Å². The largest absolute Gasteiger partial charge is 0.466 e. The fraction of sp³-hybridized carbons (Fsp3) is 0.571. The number of ether oxygens (including phenoxy) is 1. The van der Waals surface area contributed by atoms with E-state index in [4.69, 9.17) is 0 Å². The number of rotatable bonds is 6. The maximum absolute atomic E-state index is 11.2. The number of methoxy groups -OCH3 is 1. The van der Waals surface area contributed by atoms with Crippen molar-refractivity contribution in [2.24, 2.45) is 5.41 Å². The molecule has 0 aromatic heterocycles. The van der Waals surface area contributed by atoms with Crippen molar-refractivity contribution >= 4 is 5.97 Å². The van der Waals surface area contributed by atoms with Crippen LogP contribution in [0.5, 0.6) is 0 Å². The highest BCUT2D eigenvalue weighted by Gasteiger charge is 2.26. The number of hydrogen-bond donors (Lipinski definition) is 0. The molecule has 0 N–H and O–H groups in total. The van der Waals surface area contributed by atoms with Crippen LogP contribution in [0.2, 0.25) is 0 Å². The lowest BCUT2D eigenvalue weighted by molar-refractivity contribution is -0.134. The van der Waals surface area contributed by atoms with Gasteiger partial charge in [-0.05, 0) is 63.9 Å². The molecule has 0 amide bonds. The molecule has 0 spiro atoms. The minimum Gasteiger partial charge on any atom is -0.466 e. The lowest BCUT2D eigenvalue weighted by Gasteiger charge is -2.32. The second kappa shape index (κ2) is 8.90. The SMILES string of the molecule is COC(=O)/C=C(\C)CC/C=C(C)/C=C/C1=C(C)CCCC1(C)C. The Labute approximate surface area is 142 Å². The van der Waals surface area contributed by atoms with E-state index in [1.165, 1.54) is 43.1 Å². The summed E-state index contributed by atoms with van der Waals surface area (Å²) in [5, 5.41) is 0. The number of carbonyl (C=O) groups excluding carboxylic acids is 1. The first-order valence-corrected chi connectivity index (χ1v) is 8.56. The van der Waals surface area contributed by atoms with Crippen molar-refractivity contribution in [2.45, 2.75) is 66.7 Å². The lowest BCUT2D eigenvalue weighted by Crippen LogP contribution is -2.19. The summed E-state index contributed by atoms with van der Waals surface area (Å²) in [6.07, 6.45) is 14.0. The fourth-order valence-corrected chi connectivity index (χ4v) is 3.15. The van der Waals surface area contributed by atoms with Gasteiger partial charge in [-0.15, -0.1) is 0 Å². The standard InChI is InChI=1S/C21H32O2/c1-16(9-7-10-17(2)15-20(22)23-6)12-13-19-18(3)11-8-14-21(19,4)5/h9,12-13,15H,7-8,10-11,14H2,1-6H3/b13-12+,16-9+,17-15+. The molecule has 2 nitrogen and oxygen atoms in total. The predicted octanol–water partition coefficient (Wildman–Crippen LogP) is 5.92. The van der Waals surface area contributed by atoms with Gasteiger partial charge in [-0.2, -0.15) is 0 Å². The van der Waals surface area contributed by atoms with Gasteiger partial charge in [-0.1, -0.05) is 48.8 Å². The number of hydrogen-bond acceptors (Lipinski definition) is 2. The molecule has 23 heavy (non-hydrogen) atoms. The Kier molecular flexibility index (Phi) is 7.54. The molecule has 1 aliphatic rings. The molecule has 0 bridgehead atoms. The van der Waals surface area contributed by atoms with E-state index in [1.54, 1.807) is 6.08 Å². The molecule has 0 unspecified atom stereocenters. The molecule has 0 aliphatic heterocycles. The van der Waals surface area contributed by atoms with Crippen LogP contribution < -0.4 is 0 Å². The third-order valence-electron chi connectivity index (χ3n) is 4.63. The third kappa shape index (κ3) is 6.60. The van der Waals surface area contributed by atoms with E-state index in [0.717, 1.165) is 18.4 Å². The first-order valence-electron chi connectivity index (χ1n) is 8.56. The van der Waals surface area contributed by atoms with Crippen LogP contribution in [0.25, 0.3) is 0 Å². The zero-order valence-corrected chi connectivity index (χ0v) is 15.7. The zero-order chi connectivity index (χ0) is 17.5. The highest BCUT2D eigenvalue weighted by atomic mass is 16.5. The van der Waals surface area contributed by atoms with Crippen LogP contribution in [0.1, 0.15) is 66.7 Å². The van der Waals surface area contributed by atoms with Gasteiger partial charge < -0.3 is 4.74 Å². The molecule has 128 valence electrons. The van der Waals surface area contributed by atoms with Gasteiger partial charge in [-0.25, -0.2) is 4.79 Å². The average molecular weight is 316 g/mol. The normalized spacial score (nSPS) is 19.4. The first kappa shape index (κ1) is 19.5. The van der Waals surface area contributed by atoms with E-state index in [0.29, 0.717) is 5.41 Å². The minimum absolute atomic E-state index is 0.273. The Hall–Kier alpha value is -1.57. The Morgan fingerprint density at radius 3 is 2.61 bits per heavy atom. The van der Waals surface area contributed by atoms with Gasteiger partial charge >= 0.3 is 5.97 Å². The van der Waals surface area contributed by atoms with Gasteiger partial charge in [0.25, 0.3) is 0 Å². The van der Waals surface area contributed by atoms with Crippen LogP contribution in [-0.4, -0.2) is 13.1 Å². The molecule has 0 saturated carbocycles. The van der Waals surface area contributed by atoms with Crippen LogP contribution in [0.15, 0.2) is 46.6 Å². The molecule has 0 radical (unpaired) electrons. The van der Waals surface area contributed by atoms with Crippen molar-refractivity contribution in [3.05, 3.63) is 46.6 Å². The van der Waals surface area contributed by atoms with Gasteiger partial charge in [0.1, 0.15) is 0 Å². The van der Waals surface area contributed by atoms with Crippen LogP contribution in [0.4, 0.5) is 0 Å². The molecule has 0 aromatic rings. The van der Waals surface area contributed by atoms with Gasteiger partial charge in [-0.3, -0.25) is 0 Å². The smallest absolute Gasteiger partial charge is 0.330 e. The van der Waals surface area contributed by atoms with E-state index in [-0.39, 0.29) is 5.97 Å². The Bertz CT molecular complexity index is 542. The zero-order valence-electron chi connectivity index (χ0n) is 15.7. The highest BCUT2D eigenvalue weighted by Crippen LogP contribution is 2.40. The van der Waals surface area contributed by atoms with Crippen molar-refractivity contribution in [3.63, 3.8) is 0 Å². The van der Waals surface area contributed by atoms with Crippen LogP contribution in [-0.2, 0) is 9.53 Å². The van der Waals surface area contributed by atoms with E-state index < -0.39 is 0 Å². The second-order valence-corrected chi connectivity index (χ2v) is 7.27. The highest BCUT2D eigenvalue weighted by molar-refractivity contribution is 5.82. The maximum atomic E-state index is 11.2. The summed E-state index contributed by atoms with van der Waals surface area (Å²) in [6, 6.07) is 0. The quantitative estimate of drug-likeness (QED) is 0.345. The summed E-state index contributed by atoms with van der Waals surface area (Å²) in [7, 11) is 1.41. The first-order chi connectivity index (χ1) is 10.8. The van der Waals surface area contributed by atoms with Gasteiger partial charge in [0, 0.05) is 6.08 Å². The molecule has 2 heteroatoms. The molecule has 1 aliphatic carbocycles. The van der Waals surface area contributed by atoms with Gasteiger partial charge in [0.2, 0.25) is 0 Å². The van der Waals surface area contributed by atoms with Crippen LogP contribution in [0.3, 0.4) is 0 Å². The summed E-state index contributed by atoms with van der Waals surface area (Å²) in [6.45, 7) is 11.1. The van der Waals surface area contributed by atoms with Crippen molar-refractivity contribution in [1.29, 1.82) is 0 Å². The van der Waals surface area contributed by atoms with Crippen LogP contribution in [0, 0.1) is 5.41 Å². The molecular weight excluding hydrogens is 284 g/mol. The van der Waals surface area contributed by atoms with E-state index >= 15 is 0 Å². The minimum atomic E-state index is -0.273. The average Bonchev–Trinajstić information content (AvgIpc) is 2.45. The third-order valence-corrected chi connectivity index (χ3v) is 4.63. The molecule has 1 rings (SSSR count). The summed E-state index contributed by atoms with van der Waals surface area (Å²) in [5.74, 6) is -0.273. The van der Waals surface area contributed by atoms with E-state index in [9.17, 15) is 4.79 Å². The van der Waals surface area contributed by atoms with Crippen molar-refractivity contribution in [2.75, 3.05) is 7.11 Å². The Balaban J connectivity index is 2.63. The maximum Gasteiger partial charge on any atom is 0.330 e. The monoisotopic (exact) mass is 316 g/mol. The lowest BCUT2D eigenvalue weighted by atomic mass is 9.72. The Morgan fingerprint density at radius 2 is 2.00 bits per heavy atom. The van der Waals surface area contributed by atoms with Crippen molar-refractivity contribution in [3.8, 4) is 0 Å². The van der Waals surface area contributed by atoms with Crippen molar-refractivity contribution < 1.29 is 9.53 Å². The molecule has 0 saturated heterocycles. The molecule has 0 aromatic carbocycles. The number of esters is 1. The Morgan fingerprint density at radius 1 is 1.30 bits per heavy atom. The van der Waals surface area contributed by atoms with E-state index in [1.807, 2.05) is 6.92 Å². The van der Waals surface area contributed by atoms with Crippen molar-refractivity contribution in [1.82, 2.24) is 0 Å². The fourth-order valence-electron chi connectivity index (χ4n) is 3.15.